The van der Waals surface area contributed by atoms with Crippen LogP contribution in [0.1, 0.15) is 46.1 Å². The number of carbonyl (C=O) groups is 2. The number of rotatable bonds is 6. The Morgan fingerprint density at radius 3 is 2.35 bits per heavy atom. The topological polar surface area (TPSA) is 79.2 Å². The minimum atomic E-state index is -0.625. The Labute approximate surface area is 234 Å². The molecule has 6 rings (SSSR count). The molecule has 0 atom stereocenters. The number of anilines is 3. The summed E-state index contributed by atoms with van der Waals surface area (Å²) in [6, 6.07) is 19.8. The van der Waals surface area contributed by atoms with E-state index in [1.165, 1.54) is 5.56 Å². The molecule has 2 fully saturated rings. The van der Waals surface area contributed by atoms with Gasteiger partial charge >= 0.3 is 0 Å². The number of ether oxygens (including phenoxy) is 1. The van der Waals surface area contributed by atoms with Crippen molar-refractivity contribution in [3.8, 4) is 0 Å². The van der Waals surface area contributed by atoms with E-state index < -0.39 is 11.7 Å². The molecule has 40 heavy (non-hydrogen) atoms. The Bertz CT molecular complexity index is 1510. The molecule has 0 unspecified atom stereocenters. The number of carbonyl (C=O) groups excluding carboxylic acids is 2. The maximum Gasteiger partial charge on any atom is 0.298 e. The van der Waals surface area contributed by atoms with Crippen LogP contribution < -0.4 is 15.1 Å². The van der Waals surface area contributed by atoms with Gasteiger partial charge in [0.05, 0.1) is 0 Å². The minimum Gasteiger partial charge on any atom is -0.381 e. The van der Waals surface area contributed by atoms with Crippen molar-refractivity contribution in [3.05, 3.63) is 89.4 Å². The summed E-state index contributed by atoms with van der Waals surface area (Å²) in [5.41, 5.74) is 6.26. The van der Waals surface area contributed by atoms with E-state index in [2.05, 4.69) is 34.2 Å². The van der Waals surface area contributed by atoms with E-state index in [1.807, 2.05) is 66.1 Å². The lowest BCUT2D eigenvalue weighted by Gasteiger charge is -2.37. The van der Waals surface area contributed by atoms with Crippen molar-refractivity contribution in [2.45, 2.75) is 32.6 Å². The zero-order valence-electron chi connectivity index (χ0n) is 23.1. The van der Waals surface area contributed by atoms with Gasteiger partial charge in [0.25, 0.3) is 11.7 Å². The van der Waals surface area contributed by atoms with Crippen LogP contribution in [0.2, 0.25) is 0 Å². The number of hydrogen-bond donors (Lipinski definition) is 1. The summed E-state index contributed by atoms with van der Waals surface area (Å²) in [5.74, 6) is 0.0915. The standard InChI is InChI=1S/C32H35N5O3/c1-22-19-23(2)33-29(20-22)36-15-13-35(14-16-36)26-8-6-25(7-9-26)34-32(39)31(38)30-28(24-10-17-40-18-11-24)21-27-5-3-4-12-37(27)30/h3-9,12,19-21,24H,10-11,13-18H2,1-2H3,(H,34,39). The summed E-state index contributed by atoms with van der Waals surface area (Å²) in [4.78, 5) is 36.1. The predicted octanol–water partition coefficient (Wildman–Crippen LogP) is 4.99. The second-order valence-corrected chi connectivity index (χ2v) is 10.8. The lowest BCUT2D eigenvalue weighted by atomic mass is 9.90. The molecule has 0 saturated carbocycles. The number of piperazine rings is 1. The van der Waals surface area contributed by atoms with Crippen molar-refractivity contribution < 1.29 is 14.3 Å². The smallest absolute Gasteiger partial charge is 0.298 e. The van der Waals surface area contributed by atoms with Gasteiger partial charge in [-0.05, 0) is 98.3 Å². The van der Waals surface area contributed by atoms with Gasteiger partial charge in [0, 0.05) is 68.2 Å². The van der Waals surface area contributed by atoms with Gasteiger partial charge in [0.15, 0.2) is 0 Å². The van der Waals surface area contributed by atoms with E-state index in [9.17, 15) is 9.59 Å². The molecule has 0 radical (unpaired) electrons. The summed E-state index contributed by atoms with van der Waals surface area (Å²) in [5, 5.41) is 2.83. The Morgan fingerprint density at radius 1 is 0.900 bits per heavy atom. The molecule has 5 heterocycles. The molecule has 3 aromatic heterocycles. The maximum absolute atomic E-state index is 13.5. The lowest BCUT2D eigenvalue weighted by Crippen LogP contribution is -2.46. The van der Waals surface area contributed by atoms with Gasteiger partial charge in [-0.15, -0.1) is 0 Å². The molecule has 0 bridgehead atoms. The summed E-state index contributed by atoms with van der Waals surface area (Å²) in [6.07, 6.45) is 3.54. The number of nitrogens with zero attached hydrogens (tertiary/aromatic N) is 4. The van der Waals surface area contributed by atoms with Gasteiger partial charge in [0.1, 0.15) is 11.5 Å². The van der Waals surface area contributed by atoms with E-state index in [4.69, 9.17) is 9.72 Å². The molecule has 0 spiro atoms. The number of pyridine rings is 2. The van der Waals surface area contributed by atoms with Gasteiger partial charge in [-0.2, -0.15) is 0 Å². The van der Waals surface area contributed by atoms with E-state index in [-0.39, 0.29) is 5.92 Å². The fourth-order valence-electron chi connectivity index (χ4n) is 5.93. The van der Waals surface area contributed by atoms with E-state index >= 15 is 0 Å². The van der Waals surface area contributed by atoms with Crippen molar-refractivity contribution in [2.24, 2.45) is 0 Å². The molecular formula is C32H35N5O3. The molecular weight excluding hydrogens is 502 g/mol. The first kappa shape index (κ1) is 26.1. The molecule has 4 aromatic rings. The molecule has 206 valence electrons. The Hall–Kier alpha value is -4.17. The number of hydrogen-bond acceptors (Lipinski definition) is 6. The molecule has 8 nitrogen and oxygen atoms in total. The van der Waals surface area contributed by atoms with Gasteiger partial charge in [-0.25, -0.2) is 4.98 Å². The van der Waals surface area contributed by atoms with Crippen LogP contribution in [0.3, 0.4) is 0 Å². The minimum absolute atomic E-state index is 0.200. The van der Waals surface area contributed by atoms with Crippen LogP contribution in [-0.2, 0) is 9.53 Å². The zero-order chi connectivity index (χ0) is 27.6. The number of ketones is 1. The van der Waals surface area contributed by atoms with Crippen molar-refractivity contribution in [2.75, 3.05) is 54.5 Å². The predicted molar refractivity (Wildman–Crippen MR) is 158 cm³/mol. The summed E-state index contributed by atoms with van der Waals surface area (Å²) in [6.45, 7) is 9.03. The molecule has 1 N–H and O–H groups in total. The maximum atomic E-state index is 13.5. The quantitative estimate of drug-likeness (QED) is 0.276. The van der Waals surface area contributed by atoms with Crippen LogP contribution in [0.15, 0.2) is 66.9 Å². The highest BCUT2D eigenvalue weighted by atomic mass is 16.5. The average Bonchev–Trinajstić information content (AvgIpc) is 3.37. The summed E-state index contributed by atoms with van der Waals surface area (Å²) < 4.78 is 7.37. The van der Waals surface area contributed by atoms with E-state index in [0.717, 1.165) is 67.3 Å². The van der Waals surface area contributed by atoms with Gasteiger partial charge < -0.3 is 24.3 Å². The van der Waals surface area contributed by atoms with Gasteiger partial charge in [0.2, 0.25) is 0 Å². The first-order valence-electron chi connectivity index (χ1n) is 14.0. The number of nitrogens with one attached hydrogen (secondary N) is 1. The summed E-state index contributed by atoms with van der Waals surface area (Å²) >= 11 is 0. The SMILES string of the molecule is Cc1cc(C)nc(N2CCN(c3ccc(NC(=O)C(=O)c4c(C5CCOCC5)cc5ccccn45)cc3)CC2)c1. The first-order valence-corrected chi connectivity index (χ1v) is 14.0. The fraction of sp³-hybridized carbons (Fsp3) is 0.344. The van der Waals surface area contributed by atoms with Crippen LogP contribution in [-0.4, -0.2) is 60.5 Å². The fourth-order valence-corrected chi connectivity index (χ4v) is 5.93. The average molecular weight is 538 g/mol. The Morgan fingerprint density at radius 2 is 1.62 bits per heavy atom. The molecule has 1 aromatic carbocycles. The number of fused-ring (bicyclic) bond motifs is 1. The third kappa shape index (κ3) is 5.31. The highest BCUT2D eigenvalue weighted by molar-refractivity contribution is 6.46. The zero-order valence-corrected chi connectivity index (χ0v) is 23.1. The largest absolute Gasteiger partial charge is 0.381 e. The number of aryl methyl sites for hydroxylation is 2. The molecule has 2 aliphatic heterocycles. The third-order valence-electron chi connectivity index (χ3n) is 7.97. The first-order chi connectivity index (χ1) is 19.5. The van der Waals surface area contributed by atoms with Crippen LogP contribution in [0.5, 0.6) is 0 Å². The Balaban J connectivity index is 1.12. The van der Waals surface area contributed by atoms with Crippen molar-refractivity contribution >= 4 is 34.4 Å². The van der Waals surface area contributed by atoms with Gasteiger partial charge in [-0.3, -0.25) is 9.59 Å². The lowest BCUT2D eigenvalue weighted by molar-refractivity contribution is -0.112. The molecule has 2 saturated heterocycles. The second kappa shape index (κ2) is 11.1. The van der Waals surface area contributed by atoms with Crippen LogP contribution in [0.4, 0.5) is 17.2 Å². The number of Topliss-reactive ketones (excluding diaryl/α,β-unsaturated/α-hetero) is 1. The van der Waals surface area contributed by atoms with E-state index in [0.29, 0.717) is 24.6 Å². The highest BCUT2D eigenvalue weighted by Gasteiger charge is 2.29. The second-order valence-electron chi connectivity index (χ2n) is 10.8. The van der Waals surface area contributed by atoms with Crippen molar-refractivity contribution in [1.82, 2.24) is 9.38 Å². The van der Waals surface area contributed by atoms with Crippen LogP contribution in [0.25, 0.3) is 5.52 Å². The van der Waals surface area contributed by atoms with Crippen molar-refractivity contribution in [1.29, 1.82) is 0 Å². The van der Waals surface area contributed by atoms with E-state index in [1.54, 1.807) is 0 Å². The summed E-state index contributed by atoms with van der Waals surface area (Å²) in [7, 11) is 0. The molecule has 0 aliphatic carbocycles. The highest BCUT2D eigenvalue weighted by Crippen LogP contribution is 2.32. The van der Waals surface area contributed by atoms with Crippen molar-refractivity contribution in [3.63, 3.8) is 0 Å². The number of aromatic nitrogens is 2. The monoisotopic (exact) mass is 537 g/mol. The van der Waals surface area contributed by atoms with Crippen LogP contribution in [0, 0.1) is 13.8 Å². The molecule has 1 amide bonds. The third-order valence-corrected chi connectivity index (χ3v) is 7.97. The normalized spacial score (nSPS) is 16.4. The number of benzene rings is 1. The Kier molecular flexibility index (Phi) is 7.26. The molecule has 2 aliphatic rings. The molecule has 8 heteroatoms. The van der Waals surface area contributed by atoms with Gasteiger partial charge in [-0.1, -0.05) is 6.07 Å². The van der Waals surface area contributed by atoms with Crippen LogP contribution >= 0.6 is 0 Å². The number of amides is 1.